The molecule has 0 spiro atoms. The molecule has 0 radical (unpaired) electrons. The predicted octanol–water partition coefficient (Wildman–Crippen LogP) is 3.11. The zero-order valence-electron chi connectivity index (χ0n) is 17.5. The van der Waals surface area contributed by atoms with Gasteiger partial charge in [-0.3, -0.25) is 0 Å². The van der Waals surface area contributed by atoms with Gasteiger partial charge in [-0.05, 0) is 47.3 Å². The summed E-state index contributed by atoms with van der Waals surface area (Å²) in [6.45, 7) is 1.89. The van der Waals surface area contributed by atoms with Crippen molar-refractivity contribution in [3.63, 3.8) is 0 Å². The van der Waals surface area contributed by atoms with Gasteiger partial charge in [0, 0.05) is 42.3 Å². The molecule has 0 aliphatic rings. The van der Waals surface area contributed by atoms with E-state index in [4.69, 9.17) is 15.6 Å². The third kappa shape index (κ3) is 3.77. The van der Waals surface area contributed by atoms with Crippen LogP contribution in [0.15, 0.2) is 67.3 Å². The molecule has 0 bridgehead atoms. The van der Waals surface area contributed by atoms with Crippen molar-refractivity contribution in [3.05, 3.63) is 67.3 Å². The van der Waals surface area contributed by atoms with E-state index in [-0.39, 0.29) is 6.61 Å². The van der Waals surface area contributed by atoms with Gasteiger partial charge in [-0.2, -0.15) is 0 Å². The quantitative estimate of drug-likeness (QED) is 0.282. The lowest BCUT2D eigenvalue weighted by atomic mass is 10.0. The van der Waals surface area contributed by atoms with E-state index in [9.17, 15) is 0 Å². The van der Waals surface area contributed by atoms with E-state index < -0.39 is 0 Å². The van der Waals surface area contributed by atoms with E-state index in [0.29, 0.717) is 25.5 Å². The summed E-state index contributed by atoms with van der Waals surface area (Å²) < 4.78 is 7.78. The molecule has 8 heteroatoms. The lowest BCUT2D eigenvalue weighted by Crippen LogP contribution is -2.23. The number of benzene rings is 2. The van der Waals surface area contributed by atoms with E-state index in [1.54, 1.807) is 0 Å². The summed E-state index contributed by atoms with van der Waals surface area (Å²) in [5.41, 5.74) is 11.1. The van der Waals surface area contributed by atoms with Gasteiger partial charge in [-0.1, -0.05) is 12.1 Å². The minimum Gasteiger partial charge on any atom is -0.492 e. The molecule has 0 atom stereocenters. The third-order valence-electron chi connectivity index (χ3n) is 5.43. The predicted molar refractivity (Wildman–Crippen MR) is 126 cm³/mol. The number of rotatable bonds is 8. The molecule has 8 nitrogen and oxygen atoms in total. The fourth-order valence-electron chi connectivity index (χ4n) is 3.86. The third-order valence-corrected chi connectivity index (χ3v) is 5.43. The van der Waals surface area contributed by atoms with Crippen molar-refractivity contribution in [2.45, 2.75) is 0 Å². The van der Waals surface area contributed by atoms with Crippen LogP contribution in [0.4, 0.5) is 5.82 Å². The number of aliphatic hydroxyl groups excluding tert-OH is 1. The molecule has 0 saturated heterocycles. The summed E-state index contributed by atoms with van der Waals surface area (Å²) in [6, 6.07) is 16.2. The van der Waals surface area contributed by atoms with E-state index in [0.717, 1.165) is 44.5 Å². The molecule has 3 heterocycles. The first-order valence-corrected chi connectivity index (χ1v) is 10.5. The maximum Gasteiger partial charge on any atom is 0.150 e. The van der Waals surface area contributed by atoms with E-state index in [1.165, 1.54) is 6.33 Å². The number of nitrogens with zero attached hydrogens (tertiary/aromatic N) is 3. The molecule has 2 aromatic carbocycles. The van der Waals surface area contributed by atoms with Crippen LogP contribution < -0.4 is 15.8 Å². The lowest BCUT2D eigenvalue weighted by Gasteiger charge is -2.09. The molecule has 0 unspecified atom stereocenters. The molecular weight excluding hydrogens is 404 g/mol. The molecule has 32 heavy (non-hydrogen) atoms. The number of anilines is 1. The Labute approximate surface area is 184 Å². The Morgan fingerprint density at radius 1 is 1.06 bits per heavy atom. The summed E-state index contributed by atoms with van der Waals surface area (Å²) in [5, 5.41) is 13.9. The van der Waals surface area contributed by atoms with Gasteiger partial charge in [-0.25, -0.2) is 9.97 Å². The topological polar surface area (TPSA) is 114 Å². The maximum atomic E-state index is 8.80. The first-order valence-electron chi connectivity index (χ1n) is 10.5. The number of H-pyrrole nitrogens is 1. The van der Waals surface area contributed by atoms with Crippen LogP contribution in [0.5, 0.6) is 5.75 Å². The number of hydrogen-bond acceptors (Lipinski definition) is 6. The minimum atomic E-state index is 0.119. The molecule has 0 aliphatic heterocycles. The number of nitrogens with one attached hydrogen (secondary N) is 2. The van der Waals surface area contributed by atoms with Crippen LogP contribution in [0.3, 0.4) is 0 Å². The Hall–Kier alpha value is -3.88. The van der Waals surface area contributed by atoms with Crippen molar-refractivity contribution in [2.75, 3.05) is 32.0 Å². The monoisotopic (exact) mass is 428 g/mol. The molecule has 5 N–H and O–H groups in total. The van der Waals surface area contributed by atoms with Gasteiger partial charge in [-0.15, -0.1) is 0 Å². The minimum absolute atomic E-state index is 0.119. The Morgan fingerprint density at radius 3 is 2.78 bits per heavy atom. The second-order valence-corrected chi connectivity index (χ2v) is 7.47. The van der Waals surface area contributed by atoms with Crippen molar-refractivity contribution >= 4 is 27.8 Å². The molecule has 0 saturated carbocycles. The Kier molecular flexibility index (Phi) is 5.45. The highest BCUT2D eigenvalue weighted by molar-refractivity contribution is 6.02. The Balaban J connectivity index is 1.49. The summed E-state index contributed by atoms with van der Waals surface area (Å²) in [6.07, 6.45) is 5.47. The maximum absolute atomic E-state index is 8.80. The highest BCUT2D eigenvalue weighted by Crippen LogP contribution is 2.35. The first kappa shape index (κ1) is 20.0. The van der Waals surface area contributed by atoms with Crippen LogP contribution in [-0.2, 0) is 0 Å². The molecule has 162 valence electrons. The fraction of sp³-hybridized carbons (Fsp3) is 0.167. The number of aliphatic hydroxyl groups is 1. The van der Waals surface area contributed by atoms with Gasteiger partial charge in [0.2, 0.25) is 0 Å². The van der Waals surface area contributed by atoms with Crippen LogP contribution in [-0.4, -0.2) is 50.9 Å². The molecule has 5 rings (SSSR count). The van der Waals surface area contributed by atoms with Gasteiger partial charge in [0.05, 0.1) is 12.0 Å². The summed E-state index contributed by atoms with van der Waals surface area (Å²) in [4.78, 5) is 12.0. The summed E-state index contributed by atoms with van der Waals surface area (Å²) in [7, 11) is 0. The molecular formula is C24H24N6O2. The SMILES string of the molecule is Nc1ncnc2c1c(-c1ccc3cc[nH]c3c1)cn2-c1ccc(OCCNCCO)cc1. The molecule has 3 aromatic heterocycles. The number of fused-ring (bicyclic) bond motifs is 2. The lowest BCUT2D eigenvalue weighted by molar-refractivity contribution is 0.276. The highest BCUT2D eigenvalue weighted by atomic mass is 16.5. The van der Waals surface area contributed by atoms with Gasteiger partial charge in [0.15, 0.2) is 5.65 Å². The Bertz CT molecular complexity index is 1360. The zero-order valence-corrected chi connectivity index (χ0v) is 17.5. The molecule has 0 fully saturated rings. The van der Waals surface area contributed by atoms with Gasteiger partial charge in [0.1, 0.15) is 24.5 Å². The van der Waals surface area contributed by atoms with Crippen LogP contribution in [0.25, 0.3) is 38.8 Å². The highest BCUT2D eigenvalue weighted by Gasteiger charge is 2.16. The number of hydrogen-bond donors (Lipinski definition) is 4. The largest absolute Gasteiger partial charge is 0.492 e. The van der Waals surface area contributed by atoms with E-state index in [1.807, 2.05) is 41.1 Å². The molecule has 5 aromatic rings. The van der Waals surface area contributed by atoms with Crippen molar-refractivity contribution < 1.29 is 9.84 Å². The average molecular weight is 428 g/mol. The average Bonchev–Trinajstić information content (AvgIpc) is 3.44. The second kappa shape index (κ2) is 8.70. The Morgan fingerprint density at radius 2 is 1.94 bits per heavy atom. The van der Waals surface area contributed by atoms with Gasteiger partial charge in [0.25, 0.3) is 0 Å². The van der Waals surface area contributed by atoms with Gasteiger partial charge >= 0.3 is 0 Å². The van der Waals surface area contributed by atoms with Crippen LogP contribution in [0.2, 0.25) is 0 Å². The van der Waals surface area contributed by atoms with E-state index in [2.05, 4.69) is 44.7 Å². The number of nitrogen functional groups attached to an aromatic ring is 1. The summed E-state index contributed by atoms with van der Waals surface area (Å²) >= 11 is 0. The zero-order chi connectivity index (χ0) is 21.9. The van der Waals surface area contributed by atoms with Crippen molar-refractivity contribution in [1.82, 2.24) is 24.8 Å². The number of aromatic nitrogens is 4. The van der Waals surface area contributed by atoms with E-state index >= 15 is 0 Å². The van der Waals surface area contributed by atoms with Crippen LogP contribution in [0.1, 0.15) is 0 Å². The first-order chi connectivity index (χ1) is 15.7. The van der Waals surface area contributed by atoms with Crippen molar-refractivity contribution in [2.24, 2.45) is 0 Å². The number of ether oxygens (including phenoxy) is 1. The van der Waals surface area contributed by atoms with Crippen LogP contribution >= 0.6 is 0 Å². The number of aromatic amines is 1. The van der Waals surface area contributed by atoms with Gasteiger partial charge < -0.3 is 30.4 Å². The standard InChI is InChI=1S/C24H24N6O2/c25-23-22-20(17-2-1-16-7-8-27-21(16)13-17)14-30(24(22)29-15-28-23)18-3-5-19(6-4-18)32-12-10-26-9-11-31/h1-8,13-15,26-27,31H,9-12H2,(H2,25,28,29). The molecule has 0 aliphatic carbocycles. The summed E-state index contributed by atoms with van der Waals surface area (Å²) in [5.74, 6) is 1.23. The normalized spacial score (nSPS) is 11.4. The van der Waals surface area contributed by atoms with Crippen molar-refractivity contribution in [3.8, 4) is 22.6 Å². The number of nitrogens with two attached hydrogens (primary N) is 1. The molecule has 0 amide bonds. The smallest absolute Gasteiger partial charge is 0.150 e. The van der Waals surface area contributed by atoms with Crippen molar-refractivity contribution in [1.29, 1.82) is 0 Å². The van der Waals surface area contributed by atoms with Crippen LogP contribution in [0, 0.1) is 0 Å². The second-order valence-electron chi connectivity index (χ2n) is 7.47. The fourth-order valence-corrected chi connectivity index (χ4v) is 3.86.